The van der Waals surface area contributed by atoms with Crippen LogP contribution in [0.1, 0.15) is 0 Å². The molecule has 2 nitrogen and oxygen atoms in total. The Morgan fingerprint density at radius 2 is 1.00 bits per heavy atom. The van der Waals surface area contributed by atoms with Gasteiger partial charge in [-0.25, -0.2) is 0 Å². The molecule has 3 N–H and O–H groups in total. The fraction of sp³-hybridized carbons (Fsp3) is 0. The molecule has 0 aliphatic rings. The van der Waals surface area contributed by atoms with Crippen LogP contribution in [0.4, 0.5) is 0 Å². The molecule has 0 aliphatic carbocycles. The van der Waals surface area contributed by atoms with E-state index in [9.17, 15) is 0 Å². The second-order valence-electron chi connectivity index (χ2n) is 0. The van der Waals surface area contributed by atoms with Crippen molar-refractivity contribution in [3.63, 3.8) is 0 Å². The van der Waals surface area contributed by atoms with Gasteiger partial charge < -0.3 is 23.4 Å². The van der Waals surface area contributed by atoms with Crippen LogP contribution >= 0.6 is 0 Å². The first kappa shape index (κ1) is 71.4. The van der Waals surface area contributed by atoms with Crippen LogP contribution in [-0.2, 0) is 26.2 Å². The van der Waals surface area contributed by atoms with Crippen molar-refractivity contribution in [2.45, 2.75) is 0 Å². The van der Waals surface area contributed by atoms with Crippen molar-refractivity contribution in [1.29, 1.82) is 0 Å². The van der Waals surface area contributed by atoms with Gasteiger partial charge in [-0.2, -0.15) is 0 Å². The molecule has 26 valence electrons. The summed E-state index contributed by atoms with van der Waals surface area (Å²) in [5.74, 6) is 0. The molecular formula is H3ClO2Zr. The van der Waals surface area contributed by atoms with Crippen molar-refractivity contribution in [3.05, 3.63) is 0 Å². The van der Waals surface area contributed by atoms with E-state index in [1.165, 1.54) is 0 Å². The summed E-state index contributed by atoms with van der Waals surface area (Å²) >= 11 is 0. The van der Waals surface area contributed by atoms with Gasteiger partial charge in [0.25, 0.3) is 0 Å². The number of hydrogen-bond acceptors (Lipinski definition) is 1. The molecule has 0 fully saturated rings. The molecular weight excluding hydrogens is 159 g/mol. The van der Waals surface area contributed by atoms with Gasteiger partial charge >= 0.3 is 26.2 Å². The van der Waals surface area contributed by atoms with Gasteiger partial charge in [0, 0.05) is 0 Å². The second kappa shape index (κ2) is 32.8. The van der Waals surface area contributed by atoms with Gasteiger partial charge in [-0.05, 0) is 0 Å². The third-order valence-corrected chi connectivity index (χ3v) is 0. The van der Waals surface area contributed by atoms with Gasteiger partial charge in [0.05, 0.1) is 0 Å². The van der Waals surface area contributed by atoms with Gasteiger partial charge in [0.2, 0.25) is 0 Å². The first-order valence-corrected chi connectivity index (χ1v) is 0. The number of rotatable bonds is 0. The van der Waals surface area contributed by atoms with Crippen LogP contribution < -0.4 is 12.4 Å². The van der Waals surface area contributed by atoms with E-state index in [0.29, 0.717) is 0 Å². The van der Waals surface area contributed by atoms with Crippen molar-refractivity contribution in [1.82, 2.24) is 0 Å². The van der Waals surface area contributed by atoms with Gasteiger partial charge in [-0.3, -0.25) is 0 Å². The third-order valence-electron chi connectivity index (χ3n) is 0. The maximum Gasteiger partial charge on any atom is 2.00 e. The summed E-state index contributed by atoms with van der Waals surface area (Å²) in [6, 6.07) is 0. The first-order valence-electron chi connectivity index (χ1n) is 0. The average molecular weight is 162 g/mol. The predicted molar refractivity (Wildman–Crippen MR) is 5.55 cm³/mol. The fourth-order valence-corrected chi connectivity index (χ4v) is 0. The quantitative estimate of drug-likeness (QED) is 0.357. The van der Waals surface area contributed by atoms with Gasteiger partial charge in [0.15, 0.2) is 0 Å². The molecule has 0 amide bonds. The Morgan fingerprint density at radius 3 is 1.00 bits per heavy atom. The first-order chi connectivity index (χ1) is 0. The van der Waals surface area contributed by atoms with Crippen molar-refractivity contribution < 1.29 is 49.6 Å². The van der Waals surface area contributed by atoms with Crippen molar-refractivity contribution >= 4 is 0 Å². The van der Waals surface area contributed by atoms with Gasteiger partial charge in [-0.15, -0.1) is 0 Å². The minimum absolute atomic E-state index is 0. The summed E-state index contributed by atoms with van der Waals surface area (Å²) in [6.07, 6.45) is 0. The van der Waals surface area contributed by atoms with E-state index in [0.717, 1.165) is 0 Å². The molecule has 0 bridgehead atoms. The third kappa shape index (κ3) is 11.3. The van der Waals surface area contributed by atoms with E-state index >= 15 is 0 Å². The zero-order valence-electron chi connectivity index (χ0n) is 1.83. The van der Waals surface area contributed by atoms with E-state index in [-0.39, 0.29) is 49.6 Å². The molecule has 0 spiro atoms. The van der Waals surface area contributed by atoms with E-state index in [4.69, 9.17) is 0 Å². The molecule has 4 heteroatoms. The summed E-state index contributed by atoms with van der Waals surface area (Å²) < 4.78 is 0. The topological polar surface area (TPSA) is 61.5 Å². The van der Waals surface area contributed by atoms with Crippen LogP contribution in [0.3, 0.4) is 0 Å². The van der Waals surface area contributed by atoms with E-state index in [2.05, 4.69) is 0 Å². The Hall–Kier alpha value is 1.09. The molecule has 4 heavy (non-hydrogen) atoms. The molecule has 0 aromatic heterocycles. The van der Waals surface area contributed by atoms with Crippen LogP contribution in [0.2, 0.25) is 0 Å². The smallest absolute Gasteiger partial charge is 1.00 e. The predicted octanol–water partition coefficient (Wildman–Crippen LogP) is -4.00. The second-order valence-corrected chi connectivity index (χ2v) is 0. The molecule has 0 saturated heterocycles. The number of halogens is 1. The Morgan fingerprint density at radius 1 is 1.00 bits per heavy atom. The summed E-state index contributed by atoms with van der Waals surface area (Å²) in [7, 11) is 0. The van der Waals surface area contributed by atoms with Crippen molar-refractivity contribution in [3.8, 4) is 0 Å². The zero-order valence-corrected chi connectivity index (χ0v) is 5.04. The standard InChI is InChI=1S/ClH.2H2O.Zr/h1H;2*1H2;/q;;;+2/p-2. The van der Waals surface area contributed by atoms with E-state index < -0.39 is 0 Å². The summed E-state index contributed by atoms with van der Waals surface area (Å²) in [5, 5.41) is 0. The Bertz CT molecular complexity index is 6.00. The molecule has 0 rings (SSSR count). The summed E-state index contributed by atoms with van der Waals surface area (Å²) in [4.78, 5) is 0. The van der Waals surface area contributed by atoms with E-state index in [1.54, 1.807) is 0 Å². The molecule has 0 atom stereocenters. The van der Waals surface area contributed by atoms with Gasteiger partial charge in [0.1, 0.15) is 0 Å². The Kier molecular flexibility index (Phi) is 585. The maximum atomic E-state index is 0. The summed E-state index contributed by atoms with van der Waals surface area (Å²) in [6.45, 7) is 0. The average Bonchev–Trinajstić information content (AvgIpc) is 0. The molecule has 0 radical (unpaired) electrons. The molecule has 0 aromatic rings. The number of hydrogen-bond donors (Lipinski definition) is 0. The largest absolute Gasteiger partial charge is 2.00 e. The molecule has 0 saturated carbocycles. The van der Waals surface area contributed by atoms with Crippen LogP contribution in [-0.4, -0.2) is 11.0 Å². The van der Waals surface area contributed by atoms with E-state index in [1.807, 2.05) is 0 Å². The maximum absolute atomic E-state index is 0. The SMILES string of the molecule is O.[Cl-].[OH-].[Zr+2]. The minimum Gasteiger partial charge on any atom is -1.00 e. The minimum atomic E-state index is 0. The van der Waals surface area contributed by atoms with Crippen molar-refractivity contribution in [2.75, 3.05) is 0 Å². The summed E-state index contributed by atoms with van der Waals surface area (Å²) in [5.41, 5.74) is 0. The molecule has 0 unspecified atom stereocenters. The normalized spacial score (nSPS) is 0. The van der Waals surface area contributed by atoms with Gasteiger partial charge in [-0.1, -0.05) is 0 Å². The Balaban J connectivity index is 0. The Labute approximate surface area is 49.7 Å². The van der Waals surface area contributed by atoms with Crippen LogP contribution in [0.15, 0.2) is 0 Å². The van der Waals surface area contributed by atoms with Crippen molar-refractivity contribution in [2.24, 2.45) is 0 Å². The fourth-order valence-electron chi connectivity index (χ4n) is 0. The molecule has 0 aromatic carbocycles. The van der Waals surface area contributed by atoms with Crippen LogP contribution in [0, 0.1) is 0 Å². The van der Waals surface area contributed by atoms with Crippen LogP contribution in [0.5, 0.6) is 0 Å². The molecule has 0 heterocycles. The zero-order chi connectivity index (χ0) is 0. The van der Waals surface area contributed by atoms with Crippen LogP contribution in [0.25, 0.3) is 0 Å². The monoisotopic (exact) mass is 160 g/mol. The molecule has 0 aliphatic heterocycles.